The van der Waals surface area contributed by atoms with Crippen molar-refractivity contribution in [2.75, 3.05) is 40.3 Å². The highest BCUT2D eigenvalue weighted by atomic mass is 16.5. The molecule has 1 saturated carbocycles. The molecule has 74 heavy (non-hydrogen) atoms. The van der Waals surface area contributed by atoms with Crippen LogP contribution >= 0.6 is 0 Å². The van der Waals surface area contributed by atoms with Crippen LogP contribution in [0.25, 0.3) is 0 Å². The van der Waals surface area contributed by atoms with Crippen LogP contribution in [0.2, 0.25) is 0 Å². The number of carbonyl (C=O) groups excluding carboxylic acids is 3. The minimum absolute atomic E-state index is 0.00465. The highest BCUT2D eigenvalue weighted by Crippen LogP contribution is 2.40. The second kappa shape index (κ2) is 52.1. The van der Waals surface area contributed by atoms with Crippen LogP contribution in [0.3, 0.4) is 0 Å². The molecule has 1 N–H and O–H groups in total. The molecular weight excluding hydrogens is 911 g/mol. The summed E-state index contributed by atoms with van der Waals surface area (Å²) in [6.07, 6.45) is 61.9. The van der Waals surface area contributed by atoms with E-state index in [2.05, 4.69) is 56.9 Å². The van der Waals surface area contributed by atoms with Gasteiger partial charge in [0.2, 0.25) is 11.8 Å². The van der Waals surface area contributed by atoms with Gasteiger partial charge in [-0.15, -0.1) is 0 Å². The molecule has 0 heterocycles. The Morgan fingerprint density at radius 1 is 0.432 bits per heavy atom. The lowest BCUT2D eigenvalue weighted by molar-refractivity contribution is -0.157. The number of rotatable bonds is 58. The molecule has 1 aliphatic carbocycles. The fourth-order valence-electron chi connectivity index (χ4n) is 11.8. The van der Waals surface area contributed by atoms with Crippen LogP contribution in [0.1, 0.15) is 355 Å². The molecule has 1 atom stereocenters. The third-order valence-corrected chi connectivity index (χ3v) is 17.0. The number of ether oxygens (including phenoxy) is 1. The minimum Gasteiger partial charge on any atom is -0.465 e. The molecule has 0 aromatic rings. The first-order chi connectivity index (χ1) is 36.2. The Morgan fingerprint density at radius 2 is 0.784 bits per heavy atom. The summed E-state index contributed by atoms with van der Waals surface area (Å²) < 4.78 is 5.96. The quantitative estimate of drug-likeness (QED) is 0.0485. The first-order valence-corrected chi connectivity index (χ1v) is 33.7. The van der Waals surface area contributed by atoms with E-state index in [-0.39, 0.29) is 23.7 Å². The van der Waals surface area contributed by atoms with Crippen molar-refractivity contribution in [2.45, 2.75) is 361 Å². The van der Waals surface area contributed by atoms with E-state index in [1.165, 1.54) is 244 Å². The van der Waals surface area contributed by atoms with Gasteiger partial charge in [0.25, 0.3) is 0 Å². The van der Waals surface area contributed by atoms with Crippen LogP contribution in [0.15, 0.2) is 0 Å². The predicted octanol–water partition coefficient (Wildman–Crippen LogP) is 20.0. The first kappa shape index (κ1) is 70.4. The van der Waals surface area contributed by atoms with Gasteiger partial charge in [0.1, 0.15) is 5.54 Å². The summed E-state index contributed by atoms with van der Waals surface area (Å²) >= 11 is 0. The van der Waals surface area contributed by atoms with Gasteiger partial charge >= 0.3 is 5.97 Å². The maximum atomic E-state index is 15.1. The lowest BCUT2D eigenvalue weighted by Crippen LogP contribution is -2.65. The van der Waals surface area contributed by atoms with Gasteiger partial charge in [-0.1, -0.05) is 278 Å². The molecule has 2 amide bonds. The van der Waals surface area contributed by atoms with E-state index in [9.17, 15) is 9.59 Å². The Hall–Kier alpha value is -1.63. The highest BCUT2D eigenvalue weighted by molar-refractivity contribution is 5.93. The normalized spacial score (nSPS) is 13.7. The van der Waals surface area contributed by atoms with E-state index in [1.807, 2.05) is 0 Å². The van der Waals surface area contributed by atoms with Crippen LogP contribution in [0.5, 0.6) is 0 Å². The number of nitrogens with one attached hydrogen (secondary N) is 1. The molecule has 1 aliphatic rings. The zero-order valence-electron chi connectivity index (χ0n) is 51.1. The molecule has 1 fully saturated rings. The van der Waals surface area contributed by atoms with Crippen molar-refractivity contribution in [2.24, 2.45) is 11.8 Å². The molecule has 7 heteroatoms. The maximum Gasteiger partial charge on any atom is 0.305 e. The monoisotopic (exact) mass is 1040 g/mol. The first-order valence-electron chi connectivity index (χ1n) is 33.7. The number of hydrogen-bond acceptors (Lipinski definition) is 5. The van der Waals surface area contributed by atoms with Crippen molar-refractivity contribution in [1.82, 2.24) is 15.1 Å². The summed E-state index contributed by atoms with van der Waals surface area (Å²) in [7, 11) is 4.27. The van der Waals surface area contributed by atoms with Gasteiger partial charge in [-0.05, 0) is 97.2 Å². The van der Waals surface area contributed by atoms with Gasteiger partial charge in [-0.2, -0.15) is 0 Å². The molecule has 1 unspecified atom stereocenters. The van der Waals surface area contributed by atoms with Crippen LogP contribution in [-0.4, -0.2) is 73.5 Å². The Labute approximate surface area is 462 Å². The lowest BCUT2D eigenvalue weighted by atomic mass is 9.73. The predicted molar refractivity (Wildman–Crippen MR) is 322 cm³/mol. The van der Waals surface area contributed by atoms with E-state index >= 15 is 4.79 Å². The van der Waals surface area contributed by atoms with E-state index < -0.39 is 5.54 Å². The van der Waals surface area contributed by atoms with Crippen molar-refractivity contribution in [3.05, 3.63) is 0 Å². The Morgan fingerprint density at radius 3 is 1.15 bits per heavy atom. The van der Waals surface area contributed by atoms with Crippen molar-refractivity contribution < 1.29 is 19.1 Å². The molecule has 0 saturated heterocycles. The fraction of sp³-hybridized carbons (Fsp3) is 0.955. The summed E-state index contributed by atoms with van der Waals surface area (Å²) in [6.45, 7) is 12.0. The number of hydrogen-bond donors (Lipinski definition) is 1. The number of carbonyl (C=O) groups is 3. The molecule has 7 nitrogen and oxygen atoms in total. The average Bonchev–Trinajstić information content (AvgIpc) is 3.38. The minimum atomic E-state index is -0.733. The standard InChI is InChI=1S/C67H131N3O4/c1-7-11-15-19-23-26-28-30-32-35-39-44-53-63(54-45-40-36-33-31-29-27-24-20-16-12-8-2)65(72)70(60-49-41-48-59-69(5)6)67(56-50-57-67)66(73)68-58-47-46-55-64(71)74-61-62(51-42-37-22-18-14-10-4)52-43-38-34-25-21-17-13-9-3/h62-63H,7-61H2,1-6H3,(H,68,73). The fourth-order valence-corrected chi connectivity index (χ4v) is 11.8. The molecule has 438 valence electrons. The topological polar surface area (TPSA) is 79.0 Å². The van der Waals surface area contributed by atoms with Crippen LogP contribution < -0.4 is 5.32 Å². The second-order valence-electron chi connectivity index (χ2n) is 24.4. The summed E-state index contributed by atoms with van der Waals surface area (Å²) in [5.74, 6) is 0.689. The van der Waals surface area contributed by atoms with E-state index in [4.69, 9.17) is 4.74 Å². The van der Waals surface area contributed by atoms with E-state index in [0.29, 0.717) is 38.5 Å². The summed E-state index contributed by atoms with van der Waals surface area (Å²) in [5, 5.41) is 3.32. The Balaban J connectivity index is 2.87. The smallest absolute Gasteiger partial charge is 0.305 e. The molecule has 0 aromatic heterocycles. The van der Waals surface area contributed by atoms with E-state index in [1.54, 1.807) is 0 Å². The summed E-state index contributed by atoms with van der Waals surface area (Å²) in [4.78, 5) is 47.0. The Kier molecular flexibility index (Phi) is 49.5. The van der Waals surface area contributed by atoms with Crippen LogP contribution in [-0.2, 0) is 19.1 Å². The zero-order valence-corrected chi connectivity index (χ0v) is 51.1. The third kappa shape index (κ3) is 38.8. The van der Waals surface area contributed by atoms with Gasteiger partial charge in [0.15, 0.2) is 0 Å². The van der Waals surface area contributed by atoms with Crippen LogP contribution in [0.4, 0.5) is 0 Å². The largest absolute Gasteiger partial charge is 0.465 e. The molecule has 0 radical (unpaired) electrons. The molecule has 1 rings (SSSR count). The van der Waals surface area contributed by atoms with Crippen molar-refractivity contribution in [3.8, 4) is 0 Å². The second-order valence-corrected chi connectivity index (χ2v) is 24.4. The summed E-state index contributed by atoms with van der Waals surface area (Å²) in [5.41, 5.74) is -0.733. The molecule has 0 bridgehead atoms. The number of unbranched alkanes of at least 4 members (excludes halogenated alkanes) is 37. The lowest BCUT2D eigenvalue weighted by Gasteiger charge is -2.50. The van der Waals surface area contributed by atoms with Gasteiger partial charge in [0, 0.05) is 25.4 Å². The Bertz CT molecular complexity index is 1210. The molecule has 0 aliphatic heterocycles. The maximum absolute atomic E-state index is 15.1. The number of nitrogens with zero attached hydrogens (tertiary/aromatic N) is 2. The number of amides is 2. The van der Waals surface area contributed by atoms with Crippen molar-refractivity contribution in [3.63, 3.8) is 0 Å². The molecule has 0 aromatic carbocycles. The SMILES string of the molecule is CCCCCCCCCCCCCCC(CCCCCCCCCCCCCC)C(=O)N(CCCCCN(C)C)C1(C(=O)NCCCCC(=O)OCC(CCCCCCCC)CCCCCCCCCC)CCC1. The highest BCUT2D eigenvalue weighted by Gasteiger charge is 2.51. The van der Waals surface area contributed by atoms with Crippen molar-refractivity contribution in [1.29, 1.82) is 0 Å². The molecule has 0 spiro atoms. The average molecular weight is 1040 g/mol. The zero-order chi connectivity index (χ0) is 53.8. The van der Waals surface area contributed by atoms with Gasteiger partial charge in [-0.3, -0.25) is 14.4 Å². The third-order valence-electron chi connectivity index (χ3n) is 17.0. The molecular formula is C67H131N3O4. The van der Waals surface area contributed by atoms with Crippen LogP contribution in [0, 0.1) is 11.8 Å². The van der Waals surface area contributed by atoms with E-state index in [0.717, 1.165) is 77.2 Å². The number of esters is 1. The van der Waals surface area contributed by atoms with Gasteiger partial charge in [-0.25, -0.2) is 0 Å². The van der Waals surface area contributed by atoms with Gasteiger partial charge < -0.3 is 19.9 Å². The van der Waals surface area contributed by atoms with Crippen molar-refractivity contribution >= 4 is 17.8 Å². The van der Waals surface area contributed by atoms with Gasteiger partial charge in [0.05, 0.1) is 6.61 Å². The summed E-state index contributed by atoms with van der Waals surface area (Å²) in [6, 6.07) is 0.